The minimum Gasteiger partial charge on any atom is -0.478 e. The molecule has 110 valence electrons. The van der Waals surface area contributed by atoms with E-state index in [4.69, 9.17) is 0 Å². The van der Waals surface area contributed by atoms with Gasteiger partial charge in [0.2, 0.25) is 0 Å². The third-order valence-corrected chi connectivity index (χ3v) is 3.13. The van der Waals surface area contributed by atoms with Crippen LogP contribution in [0.2, 0.25) is 0 Å². The monoisotopic (exact) mass is 285 g/mol. The molecule has 0 atom stereocenters. The van der Waals surface area contributed by atoms with Crippen LogP contribution in [0.25, 0.3) is 0 Å². The molecule has 2 aromatic heterocycles. The van der Waals surface area contributed by atoms with Crippen molar-refractivity contribution < 1.29 is 9.90 Å². The number of hydrogen-bond donors (Lipinski definition) is 1. The Bertz CT molecular complexity index is 614. The highest BCUT2D eigenvalue weighted by Gasteiger charge is 2.11. The van der Waals surface area contributed by atoms with Gasteiger partial charge in [-0.3, -0.25) is 4.98 Å². The second-order valence-corrected chi connectivity index (χ2v) is 4.94. The molecule has 0 aliphatic heterocycles. The van der Waals surface area contributed by atoms with Crippen LogP contribution in [0.5, 0.6) is 0 Å². The van der Waals surface area contributed by atoms with Gasteiger partial charge in [-0.25, -0.2) is 9.78 Å². The van der Waals surface area contributed by atoms with Crippen molar-refractivity contribution >= 4 is 11.8 Å². The Morgan fingerprint density at radius 2 is 2.10 bits per heavy atom. The number of carbonyl (C=O) groups is 1. The summed E-state index contributed by atoms with van der Waals surface area (Å²) >= 11 is 0. The maximum absolute atomic E-state index is 11.2. The van der Waals surface area contributed by atoms with E-state index in [1.54, 1.807) is 18.3 Å². The highest BCUT2D eigenvalue weighted by atomic mass is 16.4. The summed E-state index contributed by atoms with van der Waals surface area (Å²) in [7, 11) is 1.89. The van der Waals surface area contributed by atoms with Crippen LogP contribution in [-0.2, 0) is 13.0 Å². The average Bonchev–Trinajstić information content (AvgIpc) is 2.48. The quantitative estimate of drug-likeness (QED) is 0.884. The molecule has 2 aromatic rings. The van der Waals surface area contributed by atoms with Gasteiger partial charge in [-0.05, 0) is 30.7 Å². The molecular weight excluding hydrogens is 266 g/mol. The highest BCUT2D eigenvalue weighted by Crippen LogP contribution is 2.17. The normalized spacial score (nSPS) is 10.4. The first-order chi connectivity index (χ1) is 10.1. The lowest BCUT2D eigenvalue weighted by atomic mass is 10.1. The Morgan fingerprint density at radius 1 is 1.29 bits per heavy atom. The van der Waals surface area contributed by atoms with Crippen molar-refractivity contribution in [1.82, 2.24) is 9.97 Å². The first kappa shape index (κ1) is 15.0. The summed E-state index contributed by atoms with van der Waals surface area (Å²) in [4.78, 5) is 22.0. The van der Waals surface area contributed by atoms with Crippen molar-refractivity contribution in [2.24, 2.45) is 0 Å². The second-order valence-electron chi connectivity index (χ2n) is 4.94. The number of aromatic carboxylic acids is 1. The first-order valence-electron chi connectivity index (χ1n) is 6.95. The zero-order valence-electron chi connectivity index (χ0n) is 12.3. The number of rotatable bonds is 6. The molecule has 0 radical (unpaired) electrons. The first-order valence-corrected chi connectivity index (χ1v) is 6.95. The lowest BCUT2D eigenvalue weighted by Gasteiger charge is -2.19. The molecule has 0 saturated heterocycles. The van der Waals surface area contributed by atoms with Crippen molar-refractivity contribution in [2.45, 2.75) is 26.3 Å². The lowest BCUT2D eigenvalue weighted by molar-refractivity contribution is 0.0696. The van der Waals surface area contributed by atoms with Crippen molar-refractivity contribution in [3.05, 3.63) is 53.5 Å². The number of aromatic nitrogens is 2. The molecule has 5 nitrogen and oxygen atoms in total. The molecule has 0 saturated carbocycles. The summed E-state index contributed by atoms with van der Waals surface area (Å²) in [5.41, 5.74) is 2.00. The SMILES string of the molecule is CCCc1cc(C(=O)O)cc(N(C)Cc2ccccn2)n1. The van der Waals surface area contributed by atoms with Gasteiger partial charge in [0, 0.05) is 18.9 Å². The molecule has 0 spiro atoms. The summed E-state index contributed by atoms with van der Waals surface area (Å²) < 4.78 is 0. The van der Waals surface area contributed by atoms with E-state index < -0.39 is 5.97 Å². The number of pyridine rings is 2. The number of aryl methyl sites for hydroxylation is 1. The van der Waals surface area contributed by atoms with Gasteiger partial charge in [-0.15, -0.1) is 0 Å². The van der Waals surface area contributed by atoms with Gasteiger partial charge in [0.1, 0.15) is 5.82 Å². The van der Waals surface area contributed by atoms with Gasteiger partial charge in [0.15, 0.2) is 0 Å². The molecule has 0 aliphatic rings. The minimum atomic E-state index is -0.928. The van der Waals surface area contributed by atoms with E-state index in [0.29, 0.717) is 12.4 Å². The van der Waals surface area contributed by atoms with Gasteiger partial charge in [0.05, 0.1) is 17.8 Å². The Kier molecular flexibility index (Phi) is 4.87. The van der Waals surface area contributed by atoms with E-state index >= 15 is 0 Å². The van der Waals surface area contributed by atoms with E-state index in [-0.39, 0.29) is 5.56 Å². The van der Waals surface area contributed by atoms with Gasteiger partial charge in [0.25, 0.3) is 0 Å². The molecule has 0 aromatic carbocycles. The largest absolute Gasteiger partial charge is 0.478 e. The Balaban J connectivity index is 2.26. The predicted octanol–water partition coefficient (Wildman–Crippen LogP) is 2.76. The van der Waals surface area contributed by atoms with Crippen LogP contribution in [0.15, 0.2) is 36.5 Å². The summed E-state index contributed by atoms with van der Waals surface area (Å²) in [5, 5.41) is 9.21. The number of anilines is 1. The lowest BCUT2D eigenvalue weighted by Crippen LogP contribution is -2.19. The summed E-state index contributed by atoms with van der Waals surface area (Å²) in [5.74, 6) is -0.272. The third kappa shape index (κ3) is 4.02. The number of nitrogens with zero attached hydrogens (tertiary/aromatic N) is 3. The van der Waals surface area contributed by atoms with Crippen LogP contribution in [0, 0.1) is 0 Å². The summed E-state index contributed by atoms with van der Waals surface area (Å²) in [6.45, 7) is 2.63. The van der Waals surface area contributed by atoms with Crippen LogP contribution in [0.3, 0.4) is 0 Å². The zero-order valence-corrected chi connectivity index (χ0v) is 12.3. The number of carboxylic acid groups (broad SMARTS) is 1. The van der Waals surface area contributed by atoms with Crippen molar-refractivity contribution in [2.75, 3.05) is 11.9 Å². The van der Waals surface area contributed by atoms with Gasteiger partial charge in [-0.1, -0.05) is 19.4 Å². The molecule has 5 heteroatoms. The fourth-order valence-corrected chi connectivity index (χ4v) is 2.09. The summed E-state index contributed by atoms with van der Waals surface area (Å²) in [6, 6.07) is 8.98. The zero-order chi connectivity index (χ0) is 15.2. The van der Waals surface area contributed by atoms with Crippen LogP contribution >= 0.6 is 0 Å². The van der Waals surface area contributed by atoms with Gasteiger partial charge >= 0.3 is 5.97 Å². The molecule has 0 bridgehead atoms. The van der Waals surface area contributed by atoms with Crippen molar-refractivity contribution in [3.8, 4) is 0 Å². The maximum Gasteiger partial charge on any atom is 0.335 e. The molecular formula is C16H19N3O2. The summed E-state index contributed by atoms with van der Waals surface area (Å²) in [6.07, 6.45) is 3.44. The standard InChI is InChI=1S/C16H19N3O2/c1-3-6-13-9-12(16(20)21)10-15(18-13)19(2)11-14-7-4-5-8-17-14/h4-5,7-10H,3,6,11H2,1-2H3,(H,20,21). The molecule has 0 fully saturated rings. The third-order valence-electron chi connectivity index (χ3n) is 3.13. The number of hydrogen-bond acceptors (Lipinski definition) is 4. The number of carboxylic acids is 1. The molecule has 1 N–H and O–H groups in total. The minimum absolute atomic E-state index is 0.274. The van der Waals surface area contributed by atoms with E-state index in [2.05, 4.69) is 9.97 Å². The van der Waals surface area contributed by atoms with Crippen molar-refractivity contribution in [3.63, 3.8) is 0 Å². The average molecular weight is 285 g/mol. The van der Waals surface area contributed by atoms with E-state index in [0.717, 1.165) is 24.2 Å². The van der Waals surface area contributed by atoms with Gasteiger partial charge < -0.3 is 10.0 Å². The maximum atomic E-state index is 11.2. The predicted molar refractivity (Wildman–Crippen MR) is 81.5 cm³/mol. The Labute approximate surface area is 124 Å². The second kappa shape index (κ2) is 6.83. The smallest absolute Gasteiger partial charge is 0.335 e. The van der Waals surface area contributed by atoms with E-state index in [1.165, 1.54) is 0 Å². The van der Waals surface area contributed by atoms with Crippen LogP contribution in [0.4, 0.5) is 5.82 Å². The van der Waals surface area contributed by atoms with Crippen LogP contribution in [0.1, 0.15) is 35.1 Å². The highest BCUT2D eigenvalue weighted by molar-refractivity contribution is 5.88. The van der Waals surface area contributed by atoms with Crippen LogP contribution in [-0.4, -0.2) is 28.1 Å². The Hall–Kier alpha value is -2.43. The van der Waals surface area contributed by atoms with E-state index in [1.807, 2.05) is 37.1 Å². The molecule has 0 aliphatic carbocycles. The van der Waals surface area contributed by atoms with E-state index in [9.17, 15) is 9.90 Å². The van der Waals surface area contributed by atoms with Crippen LogP contribution < -0.4 is 4.90 Å². The molecule has 2 rings (SSSR count). The topological polar surface area (TPSA) is 66.3 Å². The molecule has 21 heavy (non-hydrogen) atoms. The molecule has 0 unspecified atom stereocenters. The fraction of sp³-hybridized carbons (Fsp3) is 0.312. The molecule has 0 amide bonds. The Morgan fingerprint density at radius 3 is 2.71 bits per heavy atom. The molecule has 2 heterocycles. The van der Waals surface area contributed by atoms with Crippen molar-refractivity contribution in [1.29, 1.82) is 0 Å². The fourth-order valence-electron chi connectivity index (χ4n) is 2.09. The van der Waals surface area contributed by atoms with Gasteiger partial charge in [-0.2, -0.15) is 0 Å².